The van der Waals surface area contributed by atoms with Crippen LogP contribution in [0, 0.1) is 13.8 Å². The van der Waals surface area contributed by atoms with Crippen molar-refractivity contribution in [2.75, 3.05) is 7.05 Å². The minimum absolute atomic E-state index is 0.159. The molecule has 1 aliphatic rings. The van der Waals surface area contributed by atoms with Crippen LogP contribution in [0.2, 0.25) is 0 Å². The third-order valence-corrected chi connectivity index (χ3v) is 6.20. The molecular weight excluding hydrogens is 260 g/mol. The molecule has 4 nitrogen and oxygen atoms in total. The number of hydrogen-bond acceptors (Lipinski definition) is 3. The van der Waals surface area contributed by atoms with Crippen molar-refractivity contribution in [3.63, 3.8) is 0 Å². The van der Waals surface area contributed by atoms with Gasteiger partial charge in [-0.15, -0.1) is 0 Å². The Balaban J connectivity index is 2.47. The minimum atomic E-state index is -3.41. The Hall–Kier alpha value is -0.910. The molecule has 5 heteroatoms. The molecule has 1 aromatic carbocycles. The molecule has 1 saturated carbocycles. The molecule has 106 valence electrons. The first-order valence-corrected chi connectivity index (χ1v) is 8.10. The quantitative estimate of drug-likeness (QED) is 0.918. The van der Waals surface area contributed by atoms with Crippen LogP contribution in [0.15, 0.2) is 17.0 Å². The van der Waals surface area contributed by atoms with Crippen LogP contribution >= 0.6 is 0 Å². The van der Waals surface area contributed by atoms with Gasteiger partial charge >= 0.3 is 0 Å². The summed E-state index contributed by atoms with van der Waals surface area (Å²) in [5.41, 5.74) is 8.31. The number of nitrogens with two attached hydrogens (primary N) is 1. The van der Waals surface area contributed by atoms with Gasteiger partial charge in [0, 0.05) is 19.6 Å². The summed E-state index contributed by atoms with van der Waals surface area (Å²) in [6.07, 6.45) is 3.04. The number of hydrogen-bond donors (Lipinski definition) is 1. The minimum Gasteiger partial charge on any atom is -0.326 e. The van der Waals surface area contributed by atoms with Crippen LogP contribution in [0.5, 0.6) is 0 Å². The number of rotatable bonds is 4. The maximum Gasteiger partial charge on any atom is 0.243 e. The van der Waals surface area contributed by atoms with Gasteiger partial charge in [-0.25, -0.2) is 8.42 Å². The Kier molecular flexibility index (Phi) is 3.99. The van der Waals surface area contributed by atoms with Gasteiger partial charge in [-0.2, -0.15) is 4.31 Å². The van der Waals surface area contributed by atoms with Crippen molar-refractivity contribution >= 4 is 10.0 Å². The number of aryl methyl sites for hydroxylation is 1. The van der Waals surface area contributed by atoms with E-state index >= 15 is 0 Å². The maximum atomic E-state index is 12.7. The van der Waals surface area contributed by atoms with Crippen molar-refractivity contribution in [3.8, 4) is 0 Å². The van der Waals surface area contributed by atoms with Gasteiger partial charge in [-0.1, -0.05) is 12.5 Å². The van der Waals surface area contributed by atoms with Gasteiger partial charge in [-0.05, 0) is 49.4 Å². The van der Waals surface area contributed by atoms with E-state index in [1.165, 1.54) is 4.31 Å². The van der Waals surface area contributed by atoms with Gasteiger partial charge in [-0.3, -0.25) is 0 Å². The van der Waals surface area contributed by atoms with Gasteiger partial charge in [0.1, 0.15) is 0 Å². The fourth-order valence-electron chi connectivity index (χ4n) is 2.39. The van der Waals surface area contributed by atoms with Crippen molar-refractivity contribution in [2.45, 2.75) is 50.6 Å². The molecule has 1 fully saturated rings. The highest BCUT2D eigenvalue weighted by Gasteiger charge is 2.32. The lowest BCUT2D eigenvalue weighted by atomic mass is 9.94. The van der Waals surface area contributed by atoms with Gasteiger partial charge in [0.25, 0.3) is 0 Å². The van der Waals surface area contributed by atoms with E-state index < -0.39 is 10.0 Å². The molecule has 0 radical (unpaired) electrons. The molecule has 1 aromatic rings. The molecule has 2 rings (SSSR count). The lowest BCUT2D eigenvalue weighted by molar-refractivity contribution is 0.249. The van der Waals surface area contributed by atoms with Crippen molar-refractivity contribution in [3.05, 3.63) is 28.8 Å². The van der Waals surface area contributed by atoms with Crippen LogP contribution in [0.1, 0.15) is 36.0 Å². The topological polar surface area (TPSA) is 63.4 Å². The largest absolute Gasteiger partial charge is 0.326 e. The van der Waals surface area contributed by atoms with E-state index in [1.807, 2.05) is 19.9 Å². The Morgan fingerprint density at radius 2 is 1.95 bits per heavy atom. The highest BCUT2D eigenvalue weighted by molar-refractivity contribution is 7.89. The van der Waals surface area contributed by atoms with Crippen molar-refractivity contribution in [2.24, 2.45) is 5.73 Å². The van der Waals surface area contributed by atoms with Crippen LogP contribution in [0.4, 0.5) is 0 Å². The summed E-state index contributed by atoms with van der Waals surface area (Å²) in [5.74, 6) is 0. The zero-order valence-electron chi connectivity index (χ0n) is 11.8. The number of sulfonamides is 1. The molecule has 19 heavy (non-hydrogen) atoms. The van der Waals surface area contributed by atoms with Crippen molar-refractivity contribution in [1.82, 2.24) is 4.31 Å². The highest BCUT2D eigenvalue weighted by Crippen LogP contribution is 2.30. The first-order chi connectivity index (χ1) is 8.87. The summed E-state index contributed by atoms with van der Waals surface area (Å²) in [5, 5.41) is 0. The van der Waals surface area contributed by atoms with Gasteiger partial charge in [0.15, 0.2) is 0 Å². The SMILES string of the molecule is Cc1cc(CN)cc(S(=O)(=O)N(C)C2CCC2)c1C. The van der Waals surface area contributed by atoms with E-state index in [-0.39, 0.29) is 6.04 Å². The second kappa shape index (κ2) is 5.23. The molecule has 2 N–H and O–H groups in total. The molecule has 0 atom stereocenters. The van der Waals surface area contributed by atoms with Crippen LogP contribution in [-0.2, 0) is 16.6 Å². The summed E-state index contributed by atoms with van der Waals surface area (Å²) in [7, 11) is -1.72. The van der Waals surface area contributed by atoms with Gasteiger partial charge in [0.2, 0.25) is 10.0 Å². The van der Waals surface area contributed by atoms with Crippen LogP contribution in [0.3, 0.4) is 0 Å². The normalized spacial score (nSPS) is 16.7. The predicted octanol–water partition coefficient (Wildman–Crippen LogP) is 1.94. The molecule has 0 unspecified atom stereocenters. The van der Waals surface area contributed by atoms with E-state index in [2.05, 4.69) is 0 Å². The molecule has 0 saturated heterocycles. The predicted molar refractivity (Wildman–Crippen MR) is 76.4 cm³/mol. The van der Waals surface area contributed by atoms with Crippen molar-refractivity contribution in [1.29, 1.82) is 0 Å². The standard InChI is InChI=1S/C14H22N2O2S/c1-10-7-12(9-15)8-14(11(10)2)19(17,18)16(3)13-5-4-6-13/h7-8,13H,4-6,9,15H2,1-3H3. The van der Waals surface area contributed by atoms with Crippen LogP contribution in [0.25, 0.3) is 0 Å². The molecule has 0 amide bonds. The molecule has 0 aliphatic heterocycles. The Bertz CT molecular complexity index is 577. The fraction of sp³-hybridized carbons (Fsp3) is 0.571. The summed E-state index contributed by atoms with van der Waals surface area (Å²) in [6, 6.07) is 3.83. The van der Waals surface area contributed by atoms with E-state index in [0.717, 1.165) is 36.0 Å². The van der Waals surface area contributed by atoms with Gasteiger partial charge < -0.3 is 5.73 Å². The fourth-order valence-corrected chi connectivity index (χ4v) is 4.15. The number of benzene rings is 1. The first-order valence-electron chi connectivity index (χ1n) is 6.66. The second-order valence-corrected chi connectivity index (χ2v) is 7.31. The maximum absolute atomic E-state index is 12.7. The number of nitrogens with zero attached hydrogens (tertiary/aromatic N) is 1. The van der Waals surface area contributed by atoms with Gasteiger partial charge in [0.05, 0.1) is 4.90 Å². The molecule has 0 bridgehead atoms. The van der Waals surface area contributed by atoms with E-state index in [0.29, 0.717) is 11.4 Å². The highest BCUT2D eigenvalue weighted by atomic mass is 32.2. The van der Waals surface area contributed by atoms with E-state index in [9.17, 15) is 8.42 Å². The summed E-state index contributed by atoms with van der Waals surface area (Å²) in [6.45, 7) is 4.14. The third kappa shape index (κ3) is 2.55. The summed E-state index contributed by atoms with van der Waals surface area (Å²) >= 11 is 0. The van der Waals surface area contributed by atoms with Crippen LogP contribution in [-0.4, -0.2) is 25.8 Å². The van der Waals surface area contributed by atoms with Crippen LogP contribution < -0.4 is 5.73 Å². The zero-order valence-corrected chi connectivity index (χ0v) is 12.6. The molecule has 1 aliphatic carbocycles. The van der Waals surface area contributed by atoms with Crippen molar-refractivity contribution < 1.29 is 8.42 Å². The molecule has 0 spiro atoms. The zero-order chi connectivity index (χ0) is 14.2. The molecule has 0 heterocycles. The summed E-state index contributed by atoms with van der Waals surface area (Å²) < 4.78 is 26.9. The smallest absolute Gasteiger partial charge is 0.243 e. The average Bonchev–Trinajstić information content (AvgIpc) is 2.29. The lowest BCUT2D eigenvalue weighted by Gasteiger charge is -2.34. The molecule has 0 aromatic heterocycles. The molecular formula is C14H22N2O2S. The second-order valence-electron chi connectivity index (χ2n) is 5.35. The Labute approximate surface area is 115 Å². The van der Waals surface area contributed by atoms with E-state index in [4.69, 9.17) is 5.73 Å². The Morgan fingerprint density at radius 1 is 1.32 bits per heavy atom. The lowest BCUT2D eigenvalue weighted by Crippen LogP contribution is -2.41. The van der Waals surface area contributed by atoms with E-state index in [1.54, 1.807) is 13.1 Å². The first kappa shape index (κ1) is 14.5. The Morgan fingerprint density at radius 3 is 2.42 bits per heavy atom. The average molecular weight is 282 g/mol. The monoisotopic (exact) mass is 282 g/mol. The summed E-state index contributed by atoms with van der Waals surface area (Å²) in [4.78, 5) is 0.405. The third-order valence-electron chi connectivity index (χ3n) is 4.16.